The van der Waals surface area contributed by atoms with E-state index in [1.165, 1.54) is 0 Å². The maximum Gasteiger partial charge on any atom is 0.222 e. The van der Waals surface area contributed by atoms with E-state index < -0.39 is 0 Å². The summed E-state index contributed by atoms with van der Waals surface area (Å²) in [7, 11) is 0. The van der Waals surface area contributed by atoms with E-state index in [1.807, 2.05) is 0 Å². The normalized spacial score (nSPS) is 12.0. The number of rotatable bonds is 17. The van der Waals surface area contributed by atoms with Gasteiger partial charge in [-0.05, 0) is 19.4 Å². The summed E-state index contributed by atoms with van der Waals surface area (Å²) in [5.41, 5.74) is 10.8. The first-order valence-corrected chi connectivity index (χ1v) is 7.96. The Morgan fingerprint density at radius 3 is 2.04 bits per heavy atom. The minimum Gasteiger partial charge on any atom is -0.378 e. The fraction of sp³-hybridized carbons (Fsp3) is 0.812. The Hall–Kier alpha value is -1.17. The highest BCUT2D eigenvalue weighted by atomic mass is 16.6. The van der Waals surface area contributed by atoms with Crippen molar-refractivity contribution in [1.82, 2.24) is 0 Å². The lowest BCUT2D eigenvalue weighted by atomic mass is 10.0. The van der Waals surface area contributed by atoms with Crippen molar-refractivity contribution in [2.45, 2.75) is 19.3 Å². The highest BCUT2D eigenvalue weighted by Gasteiger charge is 2.14. The van der Waals surface area contributed by atoms with Crippen molar-refractivity contribution in [2.75, 3.05) is 59.4 Å². The molecule has 0 aromatic carbocycles. The van der Waals surface area contributed by atoms with E-state index in [2.05, 4.69) is 5.92 Å². The molecular weight excluding hydrogens is 300 g/mol. The summed E-state index contributed by atoms with van der Waals surface area (Å²) in [6.45, 7) is 4.06. The summed E-state index contributed by atoms with van der Waals surface area (Å²) in [5.74, 6) is 1.79. The predicted octanol–water partition coefficient (Wildman–Crippen LogP) is -0.0835. The summed E-state index contributed by atoms with van der Waals surface area (Å²) in [4.78, 5) is 11.3. The van der Waals surface area contributed by atoms with Crippen molar-refractivity contribution in [3.05, 3.63) is 0 Å². The molecule has 0 spiro atoms. The smallest absolute Gasteiger partial charge is 0.222 e. The second-order valence-electron chi connectivity index (χ2n) is 4.94. The predicted molar refractivity (Wildman–Crippen MR) is 87.7 cm³/mol. The van der Waals surface area contributed by atoms with Gasteiger partial charge in [0, 0.05) is 0 Å². The highest BCUT2D eigenvalue weighted by molar-refractivity contribution is 5.76. The van der Waals surface area contributed by atoms with Gasteiger partial charge in [-0.1, -0.05) is 12.3 Å². The topological polar surface area (TPSA) is 106 Å². The highest BCUT2D eigenvalue weighted by Crippen LogP contribution is 2.08. The van der Waals surface area contributed by atoms with Crippen LogP contribution in [0.3, 0.4) is 0 Å². The van der Waals surface area contributed by atoms with Gasteiger partial charge in [0.2, 0.25) is 5.91 Å². The van der Waals surface area contributed by atoms with Crippen LogP contribution >= 0.6 is 0 Å². The molecule has 0 heterocycles. The second-order valence-corrected chi connectivity index (χ2v) is 4.94. The Morgan fingerprint density at radius 2 is 1.52 bits per heavy atom. The van der Waals surface area contributed by atoms with Crippen LogP contribution in [0, 0.1) is 18.3 Å². The van der Waals surface area contributed by atoms with Gasteiger partial charge in [0.15, 0.2) is 0 Å². The maximum atomic E-state index is 11.3. The summed E-state index contributed by atoms with van der Waals surface area (Å²) >= 11 is 0. The van der Waals surface area contributed by atoms with Crippen LogP contribution in [0.15, 0.2) is 0 Å². The van der Waals surface area contributed by atoms with E-state index in [0.29, 0.717) is 65.8 Å². The molecule has 1 unspecified atom stereocenters. The second kappa shape index (κ2) is 17.2. The SMILES string of the molecule is C#CCOCCOCCOCCOCC(CCCCN)C(N)=O. The van der Waals surface area contributed by atoms with Crippen molar-refractivity contribution in [3.8, 4) is 12.3 Å². The molecule has 0 aromatic heterocycles. The number of carbonyl (C=O) groups is 1. The van der Waals surface area contributed by atoms with Gasteiger partial charge in [0.05, 0.1) is 52.2 Å². The van der Waals surface area contributed by atoms with Crippen molar-refractivity contribution < 1.29 is 23.7 Å². The van der Waals surface area contributed by atoms with Crippen molar-refractivity contribution in [1.29, 1.82) is 0 Å². The average molecular weight is 330 g/mol. The first-order valence-electron chi connectivity index (χ1n) is 7.96. The maximum absolute atomic E-state index is 11.3. The molecule has 0 rings (SSSR count). The first kappa shape index (κ1) is 21.8. The number of carbonyl (C=O) groups excluding carboxylic acids is 1. The Bertz CT molecular complexity index is 320. The number of unbranched alkanes of at least 4 members (excludes halogenated alkanes) is 1. The molecule has 0 saturated heterocycles. The number of amides is 1. The minimum atomic E-state index is -0.330. The molecule has 1 amide bonds. The van der Waals surface area contributed by atoms with Crippen molar-refractivity contribution in [2.24, 2.45) is 17.4 Å². The van der Waals surface area contributed by atoms with Gasteiger partial charge in [-0.15, -0.1) is 6.42 Å². The number of nitrogens with two attached hydrogens (primary N) is 2. The monoisotopic (exact) mass is 330 g/mol. The summed E-state index contributed by atoms with van der Waals surface area (Å²) in [6, 6.07) is 0. The Morgan fingerprint density at radius 1 is 0.957 bits per heavy atom. The van der Waals surface area contributed by atoms with Crippen LogP contribution in [0.25, 0.3) is 0 Å². The molecule has 0 aliphatic rings. The number of hydrogen-bond donors (Lipinski definition) is 2. The number of primary amides is 1. The van der Waals surface area contributed by atoms with E-state index in [9.17, 15) is 4.79 Å². The fourth-order valence-electron chi connectivity index (χ4n) is 1.76. The molecule has 0 aliphatic heterocycles. The van der Waals surface area contributed by atoms with Crippen LogP contribution in [0.4, 0.5) is 0 Å². The van der Waals surface area contributed by atoms with Crippen molar-refractivity contribution in [3.63, 3.8) is 0 Å². The molecule has 7 nitrogen and oxygen atoms in total. The van der Waals surface area contributed by atoms with Gasteiger partial charge in [0.1, 0.15) is 6.61 Å². The third-order valence-electron chi connectivity index (χ3n) is 3.03. The molecule has 134 valence electrons. The Balaban J connectivity index is 3.36. The molecule has 0 aliphatic carbocycles. The molecule has 0 aromatic rings. The number of ether oxygens (including phenoxy) is 4. The minimum absolute atomic E-state index is 0.257. The van der Waals surface area contributed by atoms with Gasteiger partial charge < -0.3 is 30.4 Å². The average Bonchev–Trinajstić information content (AvgIpc) is 2.54. The molecular formula is C16H30N2O5. The third kappa shape index (κ3) is 15.5. The van der Waals surface area contributed by atoms with E-state index in [1.54, 1.807) is 0 Å². The molecule has 23 heavy (non-hydrogen) atoms. The molecule has 1 atom stereocenters. The molecule has 0 radical (unpaired) electrons. The van der Waals surface area contributed by atoms with Gasteiger partial charge >= 0.3 is 0 Å². The third-order valence-corrected chi connectivity index (χ3v) is 3.03. The lowest BCUT2D eigenvalue weighted by Gasteiger charge is -2.13. The molecule has 0 fully saturated rings. The summed E-state index contributed by atoms with van der Waals surface area (Å²) in [5, 5.41) is 0. The zero-order chi connectivity index (χ0) is 17.2. The van der Waals surface area contributed by atoms with Gasteiger partial charge in [0.25, 0.3) is 0 Å². The molecule has 0 bridgehead atoms. The summed E-state index contributed by atoms with van der Waals surface area (Å²) < 4.78 is 21.1. The lowest BCUT2D eigenvalue weighted by Crippen LogP contribution is -2.28. The van der Waals surface area contributed by atoms with Crippen LogP contribution in [-0.2, 0) is 23.7 Å². The van der Waals surface area contributed by atoms with E-state index in [-0.39, 0.29) is 11.8 Å². The van der Waals surface area contributed by atoms with Crippen LogP contribution < -0.4 is 11.5 Å². The van der Waals surface area contributed by atoms with Crippen LogP contribution in [-0.4, -0.2) is 65.3 Å². The van der Waals surface area contributed by atoms with E-state index in [4.69, 9.17) is 36.8 Å². The van der Waals surface area contributed by atoms with Crippen LogP contribution in [0.5, 0.6) is 0 Å². The fourth-order valence-corrected chi connectivity index (χ4v) is 1.76. The van der Waals surface area contributed by atoms with Crippen LogP contribution in [0.1, 0.15) is 19.3 Å². The van der Waals surface area contributed by atoms with Crippen LogP contribution in [0.2, 0.25) is 0 Å². The van der Waals surface area contributed by atoms with E-state index in [0.717, 1.165) is 12.8 Å². The number of terminal acetylenes is 1. The summed E-state index contributed by atoms with van der Waals surface area (Å²) in [6.07, 6.45) is 7.52. The van der Waals surface area contributed by atoms with Gasteiger partial charge in [-0.3, -0.25) is 4.79 Å². The largest absolute Gasteiger partial charge is 0.378 e. The Kier molecular flexibility index (Phi) is 16.3. The standard InChI is InChI=1S/C16H30N2O5/c1-2-7-20-8-9-21-10-11-22-12-13-23-14-15(16(18)19)5-3-4-6-17/h1,15H,3-14,17H2,(H2,18,19). The molecule has 0 saturated carbocycles. The van der Waals surface area contributed by atoms with Crippen molar-refractivity contribution >= 4 is 5.91 Å². The van der Waals surface area contributed by atoms with Gasteiger partial charge in [-0.2, -0.15) is 0 Å². The number of hydrogen-bond acceptors (Lipinski definition) is 6. The lowest BCUT2D eigenvalue weighted by molar-refractivity contribution is -0.124. The zero-order valence-electron chi connectivity index (χ0n) is 13.8. The van der Waals surface area contributed by atoms with Gasteiger partial charge in [-0.25, -0.2) is 0 Å². The van der Waals surface area contributed by atoms with E-state index >= 15 is 0 Å². The Labute approximate surface area is 139 Å². The molecule has 7 heteroatoms. The molecule has 4 N–H and O–H groups in total. The zero-order valence-corrected chi connectivity index (χ0v) is 13.8. The quantitative estimate of drug-likeness (QED) is 0.285. The first-order chi connectivity index (χ1) is 11.2.